The van der Waals surface area contributed by atoms with Crippen LogP contribution in [0.3, 0.4) is 0 Å². The summed E-state index contributed by atoms with van der Waals surface area (Å²) in [6, 6.07) is 14.9. The Balaban J connectivity index is 1.37. The van der Waals surface area contributed by atoms with Gasteiger partial charge in [-0.25, -0.2) is 14.6 Å². The Bertz CT molecular complexity index is 1210. The first-order valence-corrected chi connectivity index (χ1v) is 11.2. The fourth-order valence-corrected chi connectivity index (χ4v) is 4.23. The Morgan fingerprint density at radius 3 is 2.23 bits per heavy atom. The second kappa shape index (κ2) is 9.61. The Labute approximate surface area is 202 Å². The molecule has 1 aliphatic rings. The molecule has 2 amide bonds. The van der Waals surface area contributed by atoms with Crippen molar-refractivity contribution in [1.82, 2.24) is 15.6 Å². The maximum atomic E-state index is 12.6. The van der Waals surface area contributed by atoms with Gasteiger partial charge in [0.25, 0.3) is 5.91 Å². The van der Waals surface area contributed by atoms with Crippen LogP contribution in [0, 0.1) is 5.41 Å². The number of rotatable bonds is 7. The molecule has 2 aromatic carbocycles. The van der Waals surface area contributed by atoms with Crippen molar-refractivity contribution in [3.63, 3.8) is 0 Å². The van der Waals surface area contributed by atoms with E-state index < -0.39 is 29.4 Å². The Morgan fingerprint density at radius 1 is 1.06 bits per heavy atom. The molecule has 9 nitrogen and oxygen atoms in total. The third-order valence-electron chi connectivity index (χ3n) is 5.98. The smallest absolute Gasteiger partial charge is 0.407 e. The lowest BCUT2D eigenvalue weighted by Crippen LogP contribution is -2.49. The molecule has 0 fully saturated rings. The van der Waals surface area contributed by atoms with E-state index in [-0.39, 0.29) is 30.5 Å². The quantitative estimate of drug-likeness (QED) is 0.470. The number of aliphatic carboxylic acids is 1. The number of nitrogens with one attached hydrogen (secondary N) is 2. The molecular weight excluding hydrogens is 450 g/mol. The summed E-state index contributed by atoms with van der Waals surface area (Å²) in [4.78, 5) is 40.5. The fourth-order valence-electron chi connectivity index (χ4n) is 4.23. The summed E-state index contributed by atoms with van der Waals surface area (Å²) in [5.41, 5.74) is 3.64. The van der Waals surface area contributed by atoms with E-state index in [4.69, 9.17) is 9.15 Å². The van der Waals surface area contributed by atoms with Gasteiger partial charge in [0.05, 0.1) is 6.54 Å². The summed E-state index contributed by atoms with van der Waals surface area (Å²) >= 11 is 0. The van der Waals surface area contributed by atoms with Crippen LogP contribution in [0.1, 0.15) is 54.1 Å². The van der Waals surface area contributed by atoms with Crippen LogP contribution < -0.4 is 10.6 Å². The highest BCUT2D eigenvalue weighted by Crippen LogP contribution is 2.44. The van der Waals surface area contributed by atoms with E-state index in [9.17, 15) is 19.5 Å². The van der Waals surface area contributed by atoms with Gasteiger partial charge in [0.15, 0.2) is 17.8 Å². The Hall–Kier alpha value is -4.14. The van der Waals surface area contributed by atoms with Crippen molar-refractivity contribution < 1.29 is 28.6 Å². The number of carbonyl (C=O) groups is 3. The van der Waals surface area contributed by atoms with Crippen molar-refractivity contribution in [3.8, 4) is 11.1 Å². The van der Waals surface area contributed by atoms with Crippen LogP contribution in [0.5, 0.6) is 0 Å². The van der Waals surface area contributed by atoms with E-state index in [2.05, 4.69) is 27.8 Å². The van der Waals surface area contributed by atoms with Gasteiger partial charge in [0.1, 0.15) is 12.6 Å². The van der Waals surface area contributed by atoms with Gasteiger partial charge in [0.2, 0.25) is 0 Å². The van der Waals surface area contributed by atoms with Gasteiger partial charge in [0, 0.05) is 5.92 Å². The first-order valence-electron chi connectivity index (χ1n) is 11.2. The largest absolute Gasteiger partial charge is 0.480 e. The SMILES string of the molecule is CC(C)(C)[C@@H](NC(=O)c1ncoc1CNC(=O)OCC1c2ccccc2-c2ccccc21)C(=O)O. The van der Waals surface area contributed by atoms with Crippen LogP contribution in [0.15, 0.2) is 59.3 Å². The van der Waals surface area contributed by atoms with E-state index in [0.717, 1.165) is 28.6 Å². The first kappa shape index (κ1) is 24.0. The molecule has 9 heteroatoms. The summed E-state index contributed by atoms with van der Waals surface area (Å²) in [7, 11) is 0. The van der Waals surface area contributed by atoms with Crippen molar-refractivity contribution in [2.45, 2.75) is 39.3 Å². The number of carboxylic acids is 1. The van der Waals surface area contributed by atoms with E-state index in [1.807, 2.05) is 36.4 Å². The van der Waals surface area contributed by atoms with Crippen molar-refractivity contribution in [2.24, 2.45) is 5.41 Å². The zero-order valence-corrected chi connectivity index (χ0v) is 19.7. The number of hydrogen-bond acceptors (Lipinski definition) is 6. The minimum Gasteiger partial charge on any atom is -0.480 e. The highest BCUT2D eigenvalue weighted by Gasteiger charge is 2.34. The monoisotopic (exact) mass is 477 g/mol. The fraction of sp³-hybridized carbons (Fsp3) is 0.308. The Kier molecular flexibility index (Phi) is 6.59. The highest BCUT2D eigenvalue weighted by atomic mass is 16.5. The van der Waals surface area contributed by atoms with Gasteiger partial charge in [-0.05, 0) is 27.7 Å². The maximum absolute atomic E-state index is 12.6. The van der Waals surface area contributed by atoms with E-state index in [0.29, 0.717) is 0 Å². The lowest BCUT2D eigenvalue weighted by atomic mass is 9.86. The zero-order chi connectivity index (χ0) is 25.2. The third kappa shape index (κ3) is 5.03. The number of hydrogen-bond donors (Lipinski definition) is 3. The summed E-state index contributed by atoms with van der Waals surface area (Å²) < 4.78 is 10.7. The normalized spacial score (nSPS) is 13.5. The van der Waals surface area contributed by atoms with E-state index in [1.165, 1.54) is 0 Å². The number of carbonyl (C=O) groups excluding carboxylic acids is 2. The lowest BCUT2D eigenvalue weighted by molar-refractivity contribution is -0.142. The number of aromatic nitrogens is 1. The third-order valence-corrected chi connectivity index (χ3v) is 5.98. The molecule has 35 heavy (non-hydrogen) atoms. The number of benzene rings is 2. The van der Waals surface area contributed by atoms with Crippen LogP contribution in [0.2, 0.25) is 0 Å². The molecule has 0 unspecified atom stereocenters. The molecule has 0 radical (unpaired) electrons. The molecule has 1 aliphatic carbocycles. The zero-order valence-electron chi connectivity index (χ0n) is 19.7. The standard InChI is InChI=1S/C26H27N3O6/c1-26(2,3)22(24(31)32)29-23(30)21-20(35-14-28-21)12-27-25(33)34-13-19-17-10-6-4-8-15(17)16-9-5-7-11-18(16)19/h4-11,14,19,22H,12-13H2,1-3H3,(H,27,33)(H,29,30)(H,31,32)/t22-/m0/s1. The van der Waals surface area contributed by atoms with Crippen molar-refractivity contribution >= 4 is 18.0 Å². The van der Waals surface area contributed by atoms with Crippen LogP contribution in [-0.4, -0.2) is 40.7 Å². The highest BCUT2D eigenvalue weighted by molar-refractivity contribution is 5.96. The van der Waals surface area contributed by atoms with E-state index >= 15 is 0 Å². The average Bonchev–Trinajstić information content (AvgIpc) is 3.41. The second-order valence-electron chi connectivity index (χ2n) is 9.41. The van der Waals surface area contributed by atoms with Crippen LogP contribution in [-0.2, 0) is 16.1 Å². The molecule has 182 valence electrons. The molecule has 1 atom stereocenters. The van der Waals surface area contributed by atoms with Crippen LogP contribution in [0.4, 0.5) is 4.79 Å². The topological polar surface area (TPSA) is 131 Å². The number of ether oxygens (including phenoxy) is 1. The molecule has 3 N–H and O–H groups in total. The van der Waals surface area contributed by atoms with Gasteiger partial charge in [-0.3, -0.25) is 4.79 Å². The first-order chi connectivity index (χ1) is 16.7. The minimum absolute atomic E-state index is 0.0786. The Morgan fingerprint density at radius 2 is 1.66 bits per heavy atom. The minimum atomic E-state index is -1.16. The molecule has 0 saturated carbocycles. The second-order valence-corrected chi connectivity index (χ2v) is 9.41. The molecule has 0 spiro atoms. The van der Waals surface area contributed by atoms with Gasteiger partial charge < -0.3 is 24.9 Å². The predicted molar refractivity (Wildman–Crippen MR) is 127 cm³/mol. The van der Waals surface area contributed by atoms with Crippen LogP contribution >= 0.6 is 0 Å². The number of nitrogens with zero attached hydrogens (tertiary/aromatic N) is 1. The molecule has 1 aromatic heterocycles. The number of amides is 2. The predicted octanol–water partition coefficient (Wildman–Crippen LogP) is 3.94. The molecule has 3 aromatic rings. The number of carboxylic acid groups (broad SMARTS) is 1. The molecule has 4 rings (SSSR count). The lowest BCUT2D eigenvalue weighted by Gasteiger charge is -2.27. The molecule has 0 saturated heterocycles. The summed E-state index contributed by atoms with van der Waals surface area (Å²) in [6.45, 7) is 5.11. The van der Waals surface area contributed by atoms with Crippen molar-refractivity contribution in [1.29, 1.82) is 0 Å². The molecular formula is C26H27N3O6. The number of fused-ring (bicyclic) bond motifs is 3. The average molecular weight is 478 g/mol. The number of alkyl carbamates (subject to hydrolysis) is 1. The van der Waals surface area contributed by atoms with E-state index in [1.54, 1.807) is 20.8 Å². The van der Waals surface area contributed by atoms with Crippen LogP contribution in [0.25, 0.3) is 11.1 Å². The molecule has 1 heterocycles. The van der Waals surface area contributed by atoms with Crippen molar-refractivity contribution in [2.75, 3.05) is 6.61 Å². The van der Waals surface area contributed by atoms with Gasteiger partial charge in [-0.2, -0.15) is 0 Å². The van der Waals surface area contributed by atoms with Gasteiger partial charge in [-0.15, -0.1) is 0 Å². The summed E-state index contributed by atoms with van der Waals surface area (Å²) in [5, 5.41) is 14.5. The summed E-state index contributed by atoms with van der Waals surface area (Å²) in [6.07, 6.45) is 0.393. The van der Waals surface area contributed by atoms with Crippen molar-refractivity contribution in [3.05, 3.63) is 77.5 Å². The van der Waals surface area contributed by atoms with Gasteiger partial charge >= 0.3 is 12.1 Å². The summed E-state index contributed by atoms with van der Waals surface area (Å²) in [5.74, 6) is -1.85. The number of oxazole rings is 1. The molecule has 0 bridgehead atoms. The van der Waals surface area contributed by atoms with Gasteiger partial charge in [-0.1, -0.05) is 69.3 Å². The maximum Gasteiger partial charge on any atom is 0.407 e. The molecule has 0 aliphatic heterocycles.